The lowest BCUT2D eigenvalue weighted by atomic mass is 10.3. The smallest absolute Gasteiger partial charge is 0.273 e. The van der Waals surface area contributed by atoms with Crippen LogP contribution in [0, 0.1) is 15.5 Å². The summed E-state index contributed by atoms with van der Waals surface area (Å²) in [4.78, 5) is 17.8. The van der Waals surface area contributed by atoms with Gasteiger partial charge in [0.15, 0.2) is 0 Å². The fourth-order valence-corrected chi connectivity index (χ4v) is 1.29. The van der Waals surface area contributed by atoms with Crippen LogP contribution in [0.1, 0.15) is 5.69 Å². The number of nitrogens with one attached hydrogen (secondary N) is 1. The summed E-state index contributed by atoms with van der Waals surface area (Å²) >= 11 is 0. The molecule has 0 aliphatic carbocycles. The van der Waals surface area contributed by atoms with Gasteiger partial charge in [0.25, 0.3) is 5.69 Å². The summed E-state index contributed by atoms with van der Waals surface area (Å²) in [7, 11) is 0. The van der Waals surface area contributed by atoms with Crippen molar-refractivity contribution in [2.75, 3.05) is 0 Å². The van der Waals surface area contributed by atoms with Crippen LogP contribution in [0.5, 0.6) is 11.6 Å². The van der Waals surface area contributed by atoms with Gasteiger partial charge in [0, 0.05) is 6.07 Å². The van der Waals surface area contributed by atoms with Crippen LogP contribution >= 0.6 is 0 Å². The van der Waals surface area contributed by atoms with E-state index in [4.69, 9.17) is 15.9 Å². The van der Waals surface area contributed by atoms with Gasteiger partial charge in [-0.05, 0) is 6.07 Å². The number of rotatable bonds is 4. The number of amidine groups is 1. The zero-order valence-electron chi connectivity index (χ0n) is 9.61. The number of nitrogen functional groups attached to an aromatic ring is 1. The van der Waals surface area contributed by atoms with Gasteiger partial charge in [-0.2, -0.15) is 0 Å². The third-order valence-electron chi connectivity index (χ3n) is 2.15. The van der Waals surface area contributed by atoms with E-state index < -0.39 is 4.92 Å². The van der Waals surface area contributed by atoms with E-state index in [1.54, 1.807) is 6.07 Å². The van der Waals surface area contributed by atoms with Gasteiger partial charge < -0.3 is 10.5 Å². The minimum atomic E-state index is -0.516. The zero-order valence-corrected chi connectivity index (χ0v) is 9.61. The molecule has 0 saturated heterocycles. The molecule has 2 rings (SSSR count). The molecule has 0 aliphatic rings. The summed E-state index contributed by atoms with van der Waals surface area (Å²) < 4.78 is 5.31. The van der Waals surface area contributed by atoms with E-state index in [1.807, 2.05) is 0 Å². The van der Waals surface area contributed by atoms with Gasteiger partial charge in [-0.15, -0.1) is 0 Å². The molecule has 0 radical (unpaired) electrons. The molecular weight excluding hydrogens is 250 g/mol. The van der Waals surface area contributed by atoms with E-state index in [9.17, 15) is 10.1 Å². The van der Waals surface area contributed by atoms with Gasteiger partial charge in [0.1, 0.15) is 17.3 Å². The van der Waals surface area contributed by atoms with Crippen LogP contribution in [0.4, 0.5) is 5.69 Å². The molecule has 3 N–H and O–H groups in total. The normalized spacial score (nSPS) is 9.89. The summed E-state index contributed by atoms with van der Waals surface area (Å²) in [5, 5.41) is 17.8. The second kappa shape index (κ2) is 5.08. The van der Waals surface area contributed by atoms with Crippen LogP contribution < -0.4 is 10.5 Å². The molecule has 2 aromatic rings. The Labute approximate surface area is 107 Å². The molecule has 0 spiro atoms. The summed E-state index contributed by atoms with van der Waals surface area (Å²) in [5.74, 6) is 0.235. The third-order valence-corrected chi connectivity index (χ3v) is 2.15. The van der Waals surface area contributed by atoms with Gasteiger partial charge in [-0.3, -0.25) is 15.5 Å². The topological polar surface area (TPSA) is 128 Å². The van der Waals surface area contributed by atoms with Crippen molar-refractivity contribution < 1.29 is 9.66 Å². The van der Waals surface area contributed by atoms with Crippen molar-refractivity contribution in [3.63, 3.8) is 0 Å². The molecule has 1 aromatic heterocycles. The number of nitrogens with zero attached hydrogens (tertiary/aromatic N) is 3. The molecular formula is C11H9N5O3. The Bertz CT molecular complexity index is 626. The largest absolute Gasteiger partial charge is 0.437 e. The maximum absolute atomic E-state index is 10.6. The summed E-state index contributed by atoms with van der Waals surface area (Å²) in [5.41, 5.74) is 5.38. The molecule has 0 bridgehead atoms. The van der Waals surface area contributed by atoms with Crippen LogP contribution in [0.3, 0.4) is 0 Å². The highest BCUT2D eigenvalue weighted by Gasteiger charge is 2.08. The predicted molar refractivity (Wildman–Crippen MR) is 66.2 cm³/mol. The molecule has 1 heterocycles. The van der Waals surface area contributed by atoms with E-state index in [1.165, 1.54) is 30.6 Å². The van der Waals surface area contributed by atoms with Crippen LogP contribution in [0.15, 0.2) is 36.7 Å². The SMILES string of the molecule is N=C(N)c1cnc(Oc2cccc([N+](=O)[O-])c2)cn1. The van der Waals surface area contributed by atoms with E-state index in [-0.39, 0.29) is 28.8 Å². The number of nitrogens with two attached hydrogens (primary N) is 1. The van der Waals surface area contributed by atoms with Crippen molar-refractivity contribution in [3.05, 3.63) is 52.5 Å². The third kappa shape index (κ3) is 3.00. The molecule has 8 heteroatoms. The Kier molecular flexibility index (Phi) is 3.33. The Hall–Kier alpha value is -3.03. The second-order valence-electron chi connectivity index (χ2n) is 3.51. The van der Waals surface area contributed by atoms with Crippen molar-refractivity contribution in [2.24, 2.45) is 5.73 Å². The van der Waals surface area contributed by atoms with Gasteiger partial charge in [-0.25, -0.2) is 9.97 Å². The number of hydrogen-bond acceptors (Lipinski definition) is 6. The molecule has 8 nitrogen and oxygen atoms in total. The number of non-ortho nitro benzene ring substituents is 1. The maximum atomic E-state index is 10.6. The summed E-state index contributed by atoms with van der Waals surface area (Å²) in [6.07, 6.45) is 2.57. The Morgan fingerprint density at radius 3 is 2.74 bits per heavy atom. The molecule has 0 atom stereocenters. The van der Waals surface area contributed by atoms with Crippen molar-refractivity contribution in [1.29, 1.82) is 5.41 Å². The van der Waals surface area contributed by atoms with Crippen LogP contribution in [-0.2, 0) is 0 Å². The lowest BCUT2D eigenvalue weighted by Gasteiger charge is -2.04. The predicted octanol–water partition coefficient (Wildman–Crippen LogP) is 1.46. The monoisotopic (exact) mass is 259 g/mol. The van der Waals surface area contributed by atoms with E-state index in [0.29, 0.717) is 0 Å². The summed E-state index contributed by atoms with van der Waals surface area (Å²) in [6.45, 7) is 0. The Morgan fingerprint density at radius 2 is 2.16 bits per heavy atom. The Morgan fingerprint density at radius 1 is 1.37 bits per heavy atom. The molecule has 0 aliphatic heterocycles. The number of aromatic nitrogens is 2. The van der Waals surface area contributed by atoms with Crippen molar-refractivity contribution in [3.8, 4) is 11.6 Å². The minimum Gasteiger partial charge on any atom is -0.437 e. The van der Waals surface area contributed by atoms with Crippen molar-refractivity contribution in [2.45, 2.75) is 0 Å². The van der Waals surface area contributed by atoms with Gasteiger partial charge in [-0.1, -0.05) is 6.07 Å². The van der Waals surface area contributed by atoms with Crippen LogP contribution in [0.2, 0.25) is 0 Å². The fraction of sp³-hybridized carbons (Fsp3) is 0. The Balaban J connectivity index is 2.19. The molecule has 19 heavy (non-hydrogen) atoms. The lowest BCUT2D eigenvalue weighted by molar-refractivity contribution is -0.384. The van der Waals surface area contributed by atoms with E-state index in [0.717, 1.165) is 0 Å². The van der Waals surface area contributed by atoms with Gasteiger partial charge >= 0.3 is 0 Å². The summed E-state index contributed by atoms with van der Waals surface area (Å²) in [6, 6.07) is 5.70. The first-order valence-electron chi connectivity index (χ1n) is 5.15. The van der Waals surface area contributed by atoms with Gasteiger partial charge in [0.05, 0.1) is 23.4 Å². The van der Waals surface area contributed by atoms with Crippen molar-refractivity contribution >= 4 is 11.5 Å². The highest BCUT2D eigenvalue weighted by molar-refractivity contribution is 5.92. The molecule has 0 unspecified atom stereocenters. The number of hydrogen-bond donors (Lipinski definition) is 2. The average Bonchev–Trinajstić information content (AvgIpc) is 2.39. The highest BCUT2D eigenvalue weighted by atomic mass is 16.6. The quantitative estimate of drug-likeness (QED) is 0.370. The number of nitro groups is 1. The van der Waals surface area contributed by atoms with Crippen LogP contribution in [-0.4, -0.2) is 20.7 Å². The highest BCUT2D eigenvalue weighted by Crippen LogP contribution is 2.23. The second-order valence-corrected chi connectivity index (χ2v) is 3.51. The molecule has 0 saturated carbocycles. The molecule has 1 aromatic carbocycles. The maximum Gasteiger partial charge on any atom is 0.273 e. The standard InChI is InChI=1S/C11H9N5O3/c12-11(13)9-5-15-10(6-14-9)19-8-3-1-2-7(4-8)16(17)18/h1-6H,(H3,12,13). The zero-order chi connectivity index (χ0) is 13.8. The lowest BCUT2D eigenvalue weighted by Crippen LogP contribution is -2.13. The fourth-order valence-electron chi connectivity index (χ4n) is 1.29. The molecule has 0 fully saturated rings. The van der Waals surface area contributed by atoms with Crippen LogP contribution in [0.25, 0.3) is 0 Å². The minimum absolute atomic E-state index is 0.0779. The number of ether oxygens (including phenoxy) is 1. The number of benzene rings is 1. The molecule has 96 valence electrons. The number of nitro benzene ring substituents is 1. The van der Waals surface area contributed by atoms with Gasteiger partial charge in [0.2, 0.25) is 5.88 Å². The first kappa shape index (κ1) is 12.4. The first-order chi connectivity index (χ1) is 9.06. The van der Waals surface area contributed by atoms with Crippen molar-refractivity contribution in [1.82, 2.24) is 9.97 Å². The van der Waals surface area contributed by atoms with E-state index >= 15 is 0 Å². The molecule has 0 amide bonds. The van der Waals surface area contributed by atoms with E-state index in [2.05, 4.69) is 9.97 Å². The first-order valence-corrected chi connectivity index (χ1v) is 5.15. The average molecular weight is 259 g/mol.